The third-order valence-electron chi connectivity index (χ3n) is 6.71. The summed E-state index contributed by atoms with van der Waals surface area (Å²) in [6.45, 7) is 6.01. The normalized spacial score (nSPS) is 17.2. The number of nitrogens with zero attached hydrogens (tertiary/aromatic N) is 3. The molecule has 0 aromatic heterocycles. The van der Waals surface area contributed by atoms with E-state index in [1.165, 1.54) is 46.6 Å². The van der Waals surface area contributed by atoms with Crippen LogP contribution in [0.4, 0.5) is 0 Å². The van der Waals surface area contributed by atoms with Gasteiger partial charge in [-0.3, -0.25) is 14.5 Å². The fourth-order valence-corrected chi connectivity index (χ4v) is 5.75. The minimum Gasteiger partial charge on any atom is -0.339 e. The van der Waals surface area contributed by atoms with Crippen LogP contribution in [0.2, 0.25) is 0 Å². The monoisotopic (exact) mass is 483 g/mol. The SMILES string of the molecule is CCc1ccc(CN(CC(=O)N2CCN(S(=O)(=O)c3ccc(C(C)=O)cc3)CC2)C2CC2)cc1. The summed E-state index contributed by atoms with van der Waals surface area (Å²) in [6, 6.07) is 15.1. The van der Waals surface area contributed by atoms with Crippen molar-refractivity contribution in [1.29, 1.82) is 0 Å². The number of piperazine rings is 1. The topological polar surface area (TPSA) is 78.0 Å². The fourth-order valence-electron chi connectivity index (χ4n) is 4.33. The maximum absolute atomic E-state index is 13.0. The summed E-state index contributed by atoms with van der Waals surface area (Å²) < 4.78 is 27.4. The molecule has 0 spiro atoms. The maximum atomic E-state index is 13.0. The van der Waals surface area contributed by atoms with Crippen molar-refractivity contribution in [3.05, 3.63) is 65.2 Å². The molecule has 1 aliphatic carbocycles. The number of rotatable bonds is 9. The first-order chi connectivity index (χ1) is 16.3. The maximum Gasteiger partial charge on any atom is 0.243 e. The highest BCUT2D eigenvalue weighted by molar-refractivity contribution is 7.89. The van der Waals surface area contributed by atoms with Crippen molar-refractivity contribution < 1.29 is 18.0 Å². The molecule has 34 heavy (non-hydrogen) atoms. The molecule has 182 valence electrons. The van der Waals surface area contributed by atoms with Gasteiger partial charge in [0.05, 0.1) is 11.4 Å². The standard InChI is InChI=1S/C26H33N3O4S/c1-3-21-4-6-22(7-5-21)18-28(24-10-11-24)19-26(31)27-14-16-29(17-15-27)34(32,33)25-12-8-23(9-13-25)20(2)30/h4-9,12-13,24H,3,10-11,14-19H2,1-2H3. The zero-order chi connectivity index (χ0) is 24.3. The molecule has 0 bridgehead atoms. The summed E-state index contributed by atoms with van der Waals surface area (Å²) in [4.78, 5) is 28.7. The number of aryl methyl sites for hydroxylation is 1. The van der Waals surface area contributed by atoms with Crippen molar-refractivity contribution in [2.75, 3.05) is 32.7 Å². The molecule has 2 aromatic rings. The van der Waals surface area contributed by atoms with Crippen molar-refractivity contribution in [2.24, 2.45) is 0 Å². The molecule has 1 amide bonds. The van der Waals surface area contributed by atoms with Gasteiger partial charge >= 0.3 is 0 Å². The zero-order valence-corrected chi connectivity index (χ0v) is 20.8. The number of ketones is 1. The summed E-state index contributed by atoms with van der Waals surface area (Å²) in [5, 5.41) is 0. The van der Waals surface area contributed by atoms with E-state index < -0.39 is 10.0 Å². The highest BCUT2D eigenvalue weighted by atomic mass is 32.2. The van der Waals surface area contributed by atoms with Crippen molar-refractivity contribution in [3.8, 4) is 0 Å². The summed E-state index contributed by atoms with van der Waals surface area (Å²) in [7, 11) is -3.65. The molecule has 0 unspecified atom stereocenters. The number of sulfonamides is 1. The summed E-state index contributed by atoms with van der Waals surface area (Å²) in [5.41, 5.74) is 3.00. The van der Waals surface area contributed by atoms with Gasteiger partial charge in [0.2, 0.25) is 15.9 Å². The molecule has 1 aliphatic heterocycles. The van der Waals surface area contributed by atoms with Gasteiger partial charge in [-0.15, -0.1) is 0 Å². The smallest absolute Gasteiger partial charge is 0.243 e. The zero-order valence-electron chi connectivity index (χ0n) is 19.9. The van der Waals surface area contributed by atoms with Crippen LogP contribution in [0.5, 0.6) is 0 Å². The van der Waals surface area contributed by atoms with Crippen LogP contribution in [0.15, 0.2) is 53.4 Å². The molecule has 0 atom stereocenters. The van der Waals surface area contributed by atoms with Crippen LogP contribution < -0.4 is 0 Å². The minimum atomic E-state index is -3.65. The van der Waals surface area contributed by atoms with E-state index in [4.69, 9.17) is 0 Å². The van der Waals surface area contributed by atoms with Gasteiger partial charge in [-0.1, -0.05) is 43.3 Å². The van der Waals surface area contributed by atoms with Gasteiger partial charge in [0.15, 0.2) is 5.78 Å². The Balaban J connectivity index is 1.33. The van der Waals surface area contributed by atoms with Crippen LogP contribution in [-0.2, 0) is 27.8 Å². The highest BCUT2D eigenvalue weighted by Gasteiger charge is 2.34. The van der Waals surface area contributed by atoms with Gasteiger partial charge in [-0.25, -0.2) is 8.42 Å². The van der Waals surface area contributed by atoms with Crippen LogP contribution in [0, 0.1) is 0 Å². The molecule has 1 heterocycles. The molecular weight excluding hydrogens is 450 g/mol. The Labute approximate surface area is 202 Å². The molecule has 2 fully saturated rings. The van der Waals surface area contributed by atoms with Crippen molar-refractivity contribution in [3.63, 3.8) is 0 Å². The molecular formula is C26H33N3O4S. The first kappa shape index (κ1) is 24.6. The van der Waals surface area contributed by atoms with Crippen molar-refractivity contribution in [1.82, 2.24) is 14.1 Å². The summed E-state index contributed by atoms with van der Waals surface area (Å²) >= 11 is 0. The van der Waals surface area contributed by atoms with E-state index in [2.05, 4.69) is 36.1 Å². The lowest BCUT2D eigenvalue weighted by molar-refractivity contribution is -0.133. The molecule has 0 radical (unpaired) electrons. The number of benzene rings is 2. The van der Waals surface area contributed by atoms with Gasteiger partial charge in [-0.05, 0) is 49.4 Å². The lowest BCUT2D eigenvalue weighted by Crippen LogP contribution is -2.52. The largest absolute Gasteiger partial charge is 0.339 e. The van der Waals surface area contributed by atoms with Gasteiger partial charge in [-0.2, -0.15) is 4.31 Å². The highest BCUT2D eigenvalue weighted by Crippen LogP contribution is 2.28. The Morgan fingerprint density at radius 1 is 0.912 bits per heavy atom. The van der Waals surface area contributed by atoms with Gasteiger partial charge in [0, 0.05) is 44.3 Å². The van der Waals surface area contributed by atoms with Crippen LogP contribution >= 0.6 is 0 Å². The third kappa shape index (κ3) is 5.74. The second kappa shape index (κ2) is 10.4. The first-order valence-corrected chi connectivity index (χ1v) is 13.4. The molecule has 7 nitrogen and oxygen atoms in total. The van der Waals surface area contributed by atoms with Crippen LogP contribution in [0.3, 0.4) is 0 Å². The van der Waals surface area contributed by atoms with Gasteiger partial charge in [0.1, 0.15) is 0 Å². The van der Waals surface area contributed by atoms with Crippen molar-refractivity contribution in [2.45, 2.75) is 50.6 Å². The third-order valence-corrected chi connectivity index (χ3v) is 8.62. The van der Waals surface area contributed by atoms with E-state index >= 15 is 0 Å². The Morgan fingerprint density at radius 3 is 2.03 bits per heavy atom. The number of carbonyl (C=O) groups excluding carboxylic acids is 2. The summed E-state index contributed by atoms with van der Waals surface area (Å²) in [6.07, 6.45) is 3.25. The Kier molecular flexibility index (Phi) is 7.50. The van der Waals surface area contributed by atoms with E-state index in [-0.39, 0.29) is 29.7 Å². The van der Waals surface area contributed by atoms with E-state index in [1.54, 1.807) is 4.90 Å². The molecule has 1 saturated carbocycles. The molecule has 2 aliphatic rings. The summed E-state index contributed by atoms with van der Waals surface area (Å²) in [5.74, 6) is -0.0470. The second-order valence-corrected chi connectivity index (χ2v) is 11.1. The van der Waals surface area contributed by atoms with Crippen molar-refractivity contribution >= 4 is 21.7 Å². The van der Waals surface area contributed by atoms with Gasteiger partial charge in [0.25, 0.3) is 0 Å². The van der Waals surface area contributed by atoms with Crippen LogP contribution in [0.25, 0.3) is 0 Å². The number of amides is 1. The Hall–Kier alpha value is -2.55. The number of hydrogen-bond acceptors (Lipinski definition) is 5. The predicted octanol–water partition coefficient (Wildman–Crippen LogP) is 2.95. The van der Waals surface area contributed by atoms with Gasteiger partial charge < -0.3 is 4.90 Å². The van der Waals surface area contributed by atoms with E-state index in [1.807, 2.05) is 0 Å². The van der Waals surface area contributed by atoms with Crippen LogP contribution in [0.1, 0.15) is 48.2 Å². The Morgan fingerprint density at radius 2 is 1.50 bits per heavy atom. The molecule has 4 rings (SSSR count). The second-order valence-electron chi connectivity index (χ2n) is 9.17. The molecule has 2 aromatic carbocycles. The van der Waals surface area contributed by atoms with E-state index in [9.17, 15) is 18.0 Å². The lowest BCUT2D eigenvalue weighted by Gasteiger charge is -2.35. The average molecular weight is 484 g/mol. The fraction of sp³-hybridized carbons (Fsp3) is 0.462. The Bertz CT molecular complexity index is 1120. The van der Waals surface area contributed by atoms with Crippen LogP contribution in [-0.4, -0.2) is 73.0 Å². The van der Waals surface area contributed by atoms with E-state index in [0.717, 1.165) is 25.8 Å². The van der Waals surface area contributed by atoms with E-state index in [0.29, 0.717) is 31.2 Å². The first-order valence-electron chi connectivity index (χ1n) is 12.0. The molecule has 8 heteroatoms. The average Bonchev–Trinajstić information content (AvgIpc) is 3.70. The number of hydrogen-bond donors (Lipinski definition) is 0. The predicted molar refractivity (Wildman–Crippen MR) is 131 cm³/mol. The lowest BCUT2D eigenvalue weighted by atomic mass is 10.1. The quantitative estimate of drug-likeness (QED) is 0.513. The minimum absolute atomic E-state index is 0.0555. The molecule has 0 N–H and O–H groups in total. The number of carbonyl (C=O) groups is 2. The number of Topliss-reactive ketones (excluding diaryl/α,β-unsaturated/α-hetero) is 1. The molecule has 1 saturated heterocycles.